The summed E-state index contributed by atoms with van der Waals surface area (Å²) in [6, 6.07) is 16.2. The van der Waals surface area contributed by atoms with E-state index < -0.39 is 11.6 Å². The Morgan fingerprint density at radius 3 is 2.55 bits per heavy atom. The van der Waals surface area contributed by atoms with Gasteiger partial charge in [-0.3, -0.25) is 14.5 Å². The highest BCUT2D eigenvalue weighted by Crippen LogP contribution is 2.43. The molecule has 0 saturated carbocycles. The largest absolute Gasteiger partial charge is 0.370 e. The fourth-order valence-electron chi connectivity index (χ4n) is 7.30. The normalized spacial score (nSPS) is 27.8. The topological polar surface area (TPSA) is 55.9 Å². The molecule has 0 aromatic heterocycles. The van der Waals surface area contributed by atoms with E-state index in [9.17, 15) is 9.59 Å². The summed E-state index contributed by atoms with van der Waals surface area (Å²) < 4.78 is 15.2. The van der Waals surface area contributed by atoms with Crippen molar-refractivity contribution in [2.75, 3.05) is 49.1 Å². The summed E-state index contributed by atoms with van der Waals surface area (Å²) in [6.45, 7) is 6.80. The van der Waals surface area contributed by atoms with Crippen LogP contribution in [0.25, 0.3) is 0 Å². The SMILES string of the molecule is C[C@H]1CCCN1[C@H]1CCN(c2ccc(N3CC(F)CC4(CCNCC4)C3=O)c(C(=O)c3ccccc3)c2)C1. The first-order chi connectivity index (χ1) is 18.4. The molecule has 0 bridgehead atoms. The summed E-state index contributed by atoms with van der Waals surface area (Å²) in [4.78, 5) is 34.4. The molecule has 4 saturated heterocycles. The molecule has 6 nitrogen and oxygen atoms in total. The maximum atomic E-state index is 15.2. The van der Waals surface area contributed by atoms with Gasteiger partial charge in [0, 0.05) is 42.0 Å². The number of hydrogen-bond acceptors (Lipinski definition) is 5. The van der Waals surface area contributed by atoms with Crippen LogP contribution in [0.15, 0.2) is 48.5 Å². The average Bonchev–Trinajstić information content (AvgIpc) is 3.60. The summed E-state index contributed by atoms with van der Waals surface area (Å²) in [6.07, 6.45) is 4.07. The van der Waals surface area contributed by atoms with Crippen molar-refractivity contribution in [1.82, 2.24) is 10.2 Å². The average molecular weight is 519 g/mol. The highest BCUT2D eigenvalue weighted by atomic mass is 19.1. The minimum Gasteiger partial charge on any atom is -0.370 e. The highest BCUT2D eigenvalue weighted by molar-refractivity contribution is 6.15. The number of anilines is 2. The van der Waals surface area contributed by atoms with Crippen LogP contribution >= 0.6 is 0 Å². The number of carbonyl (C=O) groups is 2. The smallest absolute Gasteiger partial charge is 0.233 e. The zero-order valence-corrected chi connectivity index (χ0v) is 22.4. The predicted molar refractivity (Wildman–Crippen MR) is 149 cm³/mol. The number of ketones is 1. The van der Waals surface area contributed by atoms with Gasteiger partial charge in [-0.2, -0.15) is 0 Å². The van der Waals surface area contributed by atoms with Crippen molar-refractivity contribution < 1.29 is 14.0 Å². The molecular formula is C31H39FN4O2. The molecule has 4 fully saturated rings. The number of nitrogens with one attached hydrogen (secondary N) is 1. The van der Waals surface area contributed by atoms with Gasteiger partial charge in [-0.25, -0.2) is 4.39 Å². The molecule has 6 rings (SSSR count). The second kappa shape index (κ2) is 10.4. The fraction of sp³-hybridized carbons (Fsp3) is 0.548. The van der Waals surface area contributed by atoms with Gasteiger partial charge in [-0.15, -0.1) is 0 Å². The monoisotopic (exact) mass is 518 g/mol. The first-order valence-electron chi connectivity index (χ1n) is 14.4. The van der Waals surface area contributed by atoms with Gasteiger partial charge in [-0.1, -0.05) is 30.3 Å². The third-order valence-electron chi connectivity index (χ3n) is 9.41. The molecule has 1 N–H and O–H groups in total. The molecule has 4 aliphatic heterocycles. The molecular weight excluding hydrogens is 479 g/mol. The summed E-state index contributed by atoms with van der Waals surface area (Å²) in [5.41, 5.74) is 1.91. The lowest BCUT2D eigenvalue weighted by Gasteiger charge is -2.45. The Morgan fingerprint density at radius 1 is 1.03 bits per heavy atom. The maximum Gasteiger partial charge on any atom is 0.233 e. The molecule has 4 heterocycles. The van der Waals surface area contributed by atoms with Gasteiger partial charge in [0.1, 0.15) is 6.17 Å². The minimum absolute atomic E-state index is 0.00106. The quantitative estimate of drug-likeness (QED) is 0.594. The second-order valence-electron chi connectivity index (χ2n) is 11.8. The van der Waals surface area contributed by atoms with Crippen LogP contribution < -0.4 is 15.1 Å². The van der Waals surface area contributed by atoms with Gasteiger partial charge in [0.25, 0.3) is 0 Å². The minimum atomic E-state index is -1.10. The number of piperidine rings is 2. The van der Waals surface area contributed by atoms with Gasteiger partial charge in [0.2, 0.25) is 5.91 Å². The molecule has 1 unspecified atom stereocenters. The molecule has 2 aromatic rings. The predicted octanol–water partition coefficient (Wildman–Crippen LogP) is 4.43. The van der Waals surface area contributed by atoms with Crippen LogP contribution in [-0.2, 0) is 4.79 Å². The van der Waals surface area contributed by atoms with Crippen molar-refractivity contribution >= 4 is 23.1 Å². The van der Waals surface area contributed by atoms with Crippen LogP contribution in [0.4, 0.5) is 15.8 Å². The molecule has 7 heteroatoms. The molecule has 202 valence electrons. The van der Waals surface area contributed by atoms with E-state index in [4.69, 9.17) is 0 Å². The molecule has 1 amide bonds. The molecule has 2 aromatic carbocycles. The van der Waals surface area contributed by atoms with Crippen LogP contribution in [0.5, 0.6) is 0 Å². The standard InChI is InChI=1S/C31H39FN4O2/c1-22-6-5-16-35(22)26-11-17-34(21-26)25-9-10-28(27(18-25)29(37)23-7-3-2-4-8-23)36-20-24(32)19-31(30(36)38)12-14-33-15-13-31/h2-4,7-10,18,22,24,26,33H,5-6,11-17,19-21H2,1H3/t22-,24?,26-/m0/s1. The zero-order valence-electron chi connectivity index (χ0n) is 22.4. The number of nitrogens with zero attached hydrogens (tertiary/aromatic N) is 3. The van der Waals surface area contributed by atoms with Crippen LogP contribution in [0.2, 0.25) is 0 Å². The van der Waals surface area contributed by atoms with Gasteiger partial charge >= 0.3 is 0 Å². The lowest BCUT2D eigenvalue weighted by atomic mass is 9.71. The van der Waals surface area contributed by atoms with Crippen molar-refractivity contribution in [2.24, 2.45) is 5.41 Å². The molecule has 3 atom stereocenters. The van der Waals surface area contributed by atoms with Crippen LogP contribution in [0.3, 0.4) is 0 Å². The van der Waals surface area contributed by atoms with E-state index in [-0.39, 0.29) is 24.7 Å². The summed E-state index contributed by atoms with van der Waals surface area (Å²) >= 11 is 0. The van der Waals surface area contributed by atoms with E-state index >= 15 is 4.39 Å². The van der Waals surface area contributed by atoms with Gasteiger partial charge in [-0.05, 0) is 83.3 Å². The Morgan fingerprint density at radius 2 is 1.82 bits per heavy atom. The molecule has 38 heavy (non-hydrogen) atoms. The lowest BCUT2D eigenvalue weighted by molar-refractivity contribution is -0.133. The van der Waals surface area contributed by atoms with Crippen molar-refractivity contribution in [2.45, 2.75) is 63.7 Å². The fourth-order valence-corrected chi connectivity index (χ4v) is 7.30. The Hall–Kier alpha value is -2.77. The molecule has 1 spiro atoms. The van der Waals surface area contributed by atoms with Crippen molar-refractivity contribution in [3.05, 3.63) is 59.7 Å². The van der Waals surface area contributed by atoms with E-state index in [1.165, 1.54) is 12.8 Å². The van der Waals surface area contributed by atoms with Gasteiger partial charge in [0.15, 0.2) is 5.78 Å². The van der Waals surface area contributed by atoms with Gasteiger partial charge in [0.05, 0.1) is 17.6 Å². The van der Waals surface area contributed by atoms with E-state index in [2.05, 4.69) is 22.0 Å². The number of halogens is 1. The first kappa shape index (κ1) is 25.5. The number of alkyl halides is 1. The van der Waals surface area contributed by atoms with Crippen LogP contribution in [0, 0.1) is 5.41 Å². The Labute approximate surface area is 225 Å². The third kappa shape index (κ3) is 4.64. The molecule has 0 aliphatic carbocycles. The van der Waals surface area contributed by atoms with Crippen molar-refractivity contribution in [3.8, 4) is 0 Å². The third-order valence-corrected chi connectivity index (χ3v) is 9.41. The number of hydrogen-bond donors (Lipinski definition) is 1. The summed E-state index contributed by atoms with van der Waals surface area (Å²) in [7, 11) is 0. The lowest BCUT2D eigenvalue weighted by Crippen LogP contribution is -2.56. The van der Waals surface area contributed by atoms with E-state index in [1.54, 1.807) is 4.90 Å². The summed E-state index contributed by atoms with van der Waals surface area (Å²) in [5.74, 6) is -0.161. The van der Waals surface area contributed by atoms with Crippen LogP contribution in [0.1, 0.15) is 61.4 Å². The second-order valence-corrected chi connectivity index (χ2v) is 11.8. The maximum absolute atomic E-state index is 15.2. The van der Waals surface area contributed by atoms with E-state index in [0.29, 0.717) is 54.8 Å². The van der Waals surface area contributed by atoms with Crippen LogP contribution in [-0.4, -0.2) is 74.1 Å². The number of benzene rings is 2. The first-order valence-corrected chi connectivity index (χ1v) is 14.4. The van der Waals surface area contributed by atoms with Gasteiger partial charge < -0.3 is 15.1 Å². The Bertz CT molecular complexity index is 1180. The van der Waals surface area contributed by atoms with Crippen molar-refractivity contribution in [1.29, 1.82) is 0 Å². The number of carbonyl (C=O) groups excluding carboxylic acids is 2. The zero-order chi connectivity index (χ0) is 26.3. The van der Waals surface area contributed by atoms with Crippen molar-refractivity contribution in [3.63, 3.8) is 0 Å². The summed E-state index contributed by atoms with van der Waals surface area (Å²) in [5, 5.41) is 3.31. The number of rotatable bonds is 5. The number of likely N-dealkylation sites (tertiary alicyclic amines) is 1. The Kier molecular flexibility index (Phi) is 6.99. The number of amides is 1. The molecule has 4 aliphatic rings. The van der Waals surface area contributed by atoms with E-state index in [0.717, 1.165) is 31.7 Å². The highest BCUT2D eigenvalue weighted by Gasteiger charge is 2.49. The van der Waals surface area contributed by atoms with E-state index in [1.807, 2.05) is 48.5 Å². The Balaban J connectivity index is 1.35. The molecule has 0 radical (unpaired) electrons.